The fraction of sp³-hybridized carbons (Fsp3) is 0.231. The first-order valence-corrected chi connectivity index (χ1v) is 9.20. The molecule has 1 aromatic heterocycles. The molecule has 0 saturated heterocycles. The van der Waals surface area contributed by atoms with Crippen molar-refractivity contribution in [3.8, 4) is 0 Å². The van der Waals surface area contributed by atoms with E-state index in [2.05, 4.69) is 20.6 Å². The zero-order valence-corrected chi connectivity index (χ0v) is 14.6. The molecular formula is C13H15ClN6O4S. The molecule has 2 aromatic rings. The number of aromatic nitrogens is 2. The van der Waals surface area contributed by atoms with Crippen LogP contribution in [0.3, 0.4) is 0 Å². The van der Waals surface area contributed by atoms with Crippen LogP contribution in [0, 0.1) is 10.1 Å². The van der Waals surface area contributed by atoms with Gasteiger partial charge in [-0.05, 0) is 12.1 Å². The Morgan fingerprint density at radius 2 is 1.92 bits per heavy atom. The summed E-state index contributed by atoms with van der Waals surface area (Å²) in [7, 11) is -3.53. The number of nitro benzene ring substituents is 1. The predicted molar refractivity (Wildman–Crippen MR) is 94.6 cm³/mol. The van der Waals surface area contributed by atoms with Gasteiger partial charge in [0.1, 0.15) is 16.7 Å². The molecule has 0 spiro atoms. The van der Waals surface area contributed by atoms with Crippen molar-refractivity contribution in [1.82, 2.24) is 9.97 Å². The molecule has 25 heavy (non-hydrogen) atoms. The van der Waals surface area contributed by atoms with Gasteiger partial charge in [0.05, 0.1) is 9.82 Å². The minimum atomic E-state index is -3.53. The molecule has 4 N–H and O–H groups in total. The van der Waals surface area contributed by atoms with Crippen molar-refractivity contribution >= 4 is 44.6 Å². The van der Waals surface area contributed by atoms with Gasteiger partial charge in [0.25, 0.3) is 5.69 Å². The largest absolute Gasteiger partial charge is 0.378 e. The lowest BCUT2D eigenvalue weighted by Crippen LogP contribution is -2.15. The second-order valence-electron chi connectivity index (χ2n) is 5.00. The van der Waals surface area contributed by atoms with Crippen molar-refractivity contribution in [2.75, 3.05) is 35.7 Å². The number of rotatable bonds is 7. The van der Waals surface area contributed by atoms with E-state index in [4.69, 9.17) is 17.3 Å². The monoisotopic (exact) mass is 386 g/mol. The van der Waals surface area contributed by atoms with Gasteiger partial charge in [0.2, 0.25) is 5.95 Å². The van der Waals surface area contributed by atoms with Crippen molar-refractivity contribution < 1.29 is 13.3 Å². The molecule has 1 aromatic carbocycles. The summed E-state index contributed by atoms with van der Waals surface area (Å²) in [5, 5.41) is 17.1. The predicted octanol–water partition coefficient (Wildman–Crippen LogP) is 1.55. The highest BCUT2D eigenvalue weighted by Crippen LogP contribution is 2.27. The first-order valence-electron chi connectivity index (χ1n) is 6.93. The summed E-state index contributed by atoms with van der Waals surface area (Å²) in [4.78, 5) is 18.0. The smallest absolute Gasteiger partial charge is 0.293 e. The highest BCUT2D eigenvalue weighted by molar-refractivity contribution is 7.90. The second kappa shape index (κ2) is 7.49. The molecule has 1 heterocycles. The topological polar surface area (TPSA) is 153 Å². The van der Waals surface area contributed by atoms with Crippen molar-refractivity contribution in [1.29, 1.82) is 0 Å². The molecule has 0 aliphatic rings. The lowest BCUT2D eigenvalue weighted by Gasteiger charge is -2.10. The zero-order valence-electron chi connectivity index (χ0n) is 13.1. The first-order chi connectivity index (χ1) is 11.7. The van der Waals surface area contributed by atoms with E-state index in [1.807, 2.05) is 0 Å². The number of nitrogens with zero attached hydrogens (tertiary/aromatic N) is 3. The summed E-state index contributed by atoms with van der Waals surface area (Å²) in [6.07, 6.45) is 0.988. The van der Waals surface area contributed by atoms with Gasteiger partial charge in [0, 0.05) is 31.5 Å². The van der Waals surface area contributed by atoms with E-state index >= 15 is 0 Å². The summed E-state index contributed by atoms with van der Waals surface area (Å²) >= 11 is 5.76. The lowest BCUT2D eigenvalue weighted by atomic mass is 10.2. The number of nitro groups is 1. The summed E-state index contributed by atoms with van der Waals surface area (Å²) < 4.78 is 23.0. The highest BCUT2D eigenvalue weighted by Gasteiger charge is 2.18. The van der Waals surface area contributed by atoms with Gasteiger partial charge in [-0.1, -0.05) is 11.6 Å². The Kier molecular flexibility index (Phi) is 5.59. The van der Waals surface area contributed by atoms with Crippen LogP contribution in [0.25, 0.3) is 0 Å². The van der Waals surface area contributed by atoms with Crippen molar-refractivity contribution in [3.63, 3.8) is 0 Å². The quantitative estimate of drug-likeness (QED) is 0.278. The number of anilines is 3. The SMILES string of the molecule is CS(=O)(=O)c1ccc(NCCNc2cc(Cl)nc(N)n2)c([N+](=O)[O-])c1. The fourth-order valence-corrected chi connectivity index (χ4v) is 2.79. The molecule has 134 valence electrons. The van der Waals surface area contributed by atoms with Crippen molar-refractivity contribution in [2.45, 2.75) is 4.90 Å². The molecule has 0 saturated carbocycles. The van der Waals surface area contributed by atoms with Crippen LogP contribution >= 0.6 is 11.6 Å². The maximum absolute atomic E-state index is 11.5. The molecule has 0 radical (unpaired) electrons. The highest BCUT2D eigenvalue weighted by atomic mass is 35.5. The van der Waals surface area contributed by atoms with Crippen LogP contribution in [0.1, 0.15) is 0 Å². The molecule has 0 aliphatic carbocycles. The summed E-state index contributed by atoms with van der Waals surface area (Å²) in [5.74, 6) is 0.441. The molecule has 0 amide bonds. The zero-order chi connectivity index (χ0) is 18.6. The van der Waals surface area contributed by atoms with Gasteiger partial charge >= 0.3 is 0 Å². The van der Waals surface area contributed by atoms with Crippen LogP contribution in [-0.2, 0) is 9.84 Å². The Balaban J connectivity index is 2.04. The van der Waals surface area contributed by atoms with Crippen LogP contribution in [0.5, 0.6) is 0 Å². The maximum Gasteiger partial charge on any atom is 0.293 e. The molecule has 0 aliphatic heterocycles. The second-order valence-corrected chi connectivity index (χ2v) is 7.40. The Bertz CT molecular complexity index is 885. The summed E-state index contributed by atoms with van der Waals surface area (Å²) in [6.45, 7) is 0.665. The summed E-state index contributed by atoms with van der Waals surface area (Å²) in [6, 6.07) is 5.17. The Hall–Kier alpha value is -2.66. The first kappa shape index (κ1) is 18.7. The number of sulfone groups is 1. The molecule has 0 atom stereocenters. The molecule has 0 unspecified atom stereocenters. The average Bonchev–Trinajstić information content (AvgIpc) is 2.49. The normalized spacial score (nSPS) is 11.1. The number of halogens is 1. The van der Waals surface area contributed by atoms with Crippen molar-refractivity contribution in [2.24, 2.45) is 0 Å². The van der Waals surface area contributed by atoms with Gasteiger partial charge < -0.3 is 16.4 Å². The van der Waals surface area contributed by atoms with Gasteiger partial charge in [0.15, 0.2) is 9.84 Å². The van der Waals surface area contributed by atoms with Gasteiger partial charge in [-0.3, -0.25) is 10.1 Å². The number of nitrogens with one attached hydrogen (secondary N) is 2. The van der Waals surface area contributed by atoms with E-state index in [-0.39, 0.29) is 27.4 Å². The van der Waals surface area contributed by atoms with E-state index in [1.165, 1.54) is 18.2 Å². The van der Waals surface area contributed by atoms with Crippen LogP contribution in [0.4, 0.5) is 23.1 Å². The van der Waals surface area contributed by atoms with E-state index in [0.717, 1.165) is 12.3 Å². The summed E-state index contributed by atoms with van der Waals surface area (Å²) in [5.41, 5.74) is 5.36. The number of nitrogens with two attached hydrogens (primary N) is 1. The van der Waals surface area contributed by atoms with Crippen LogP contribution < -0.4 is 16.4 Å². The van der Waals surface area contributed by atoms with Gasteiger partial charge in [-0.2, -0.15) is 4.98 Å². The van der Waals surface area contributed by atoms with Crippen LogP contribution in [-0.4, -0.2) is 42.7 Å². The maximum atomic E-state index is 11.5. The molecular weight excluding hydrogens is 372 g/mol. The minimum absolute atomic E-state index is 0.0231. The Morgan fingerprint density at radius 1 is 1.24 bits per heavy atom. The molecule has 0 bridgehead atoms. The third-order valence-electron chi connectivity index (χ3n) is 3.05. The number of hydrogen-bond acceptors (Lipinski definition) is 9. The van der Waals surface area contributed by atoms with E-state index in [0.29, 0.717) is 18.9 Å². The van der Waals surface area contributed by atoms with Gasteiger partial charge in [-0.15, -0.1) is 0 Å². The number of hydrogen-bond donors (Lipinski definition) is 3. The van der Waals surface area contributed by atoms with E-state index in [9.17, 15) is 18.5 Å². The minimum Gasteiger partial charge on any atom is -0.378 e. The van der Waals surface area contributed by atoms with Crippen molar-refractivity contribution in [3.05, 3.63) is 39.5 Å². The number of benzene rings is 1. The van der Waals surface area contributed by atoms with Crippen LogP contribution in [0.2, 0.25) is 5.15 Å². The number of nitrogen functional groups attached to an aromatic ring is 1. The lowest BCUT2D eigenvalue weighted by molar-refractivity contribution is -0.384. The van der Waals surface area contributed by atoms with E-state index in [1.54, 1.807) is 0 Å². The van der Waals surface area contributed by atoms with Gasteiger partial charge in [-0.25, -0.2) is 13.4 Å². The fourth-order valence-electron chi connectivity index (χ4n) is 1.96. The third kappa shape index (κ3) is 5.16. The standard InChI is InChI=1S/C13H15ClN6O4S/c1-25(23,24)8-2-3-9(10(6-8)20(21)22)16-4-5-17-12-7-11(14)18-13(15)19-12/h2-3,6-7,16H,4-5H2,1H3,(H3,15,17,18,19). The molecule has 2 rings (SSSR count). The average molecular weight is 387 g/mol. The Morgan fingerprint density at radius 3 is 2.52 bits per heavy atom. The molecule has 0 fully saturated rings. The van der Waals surface area contributed by atoms with E-state index < -0.39 is 14.8 Å². The molecule has 12 heteroatoms. The Labute approximate surface area is 148 Å². The van der Waals surface area contributed by atoms with Crippen LogP contribution in [0.15, 0.2) is 29.2 Å². The molecule has 10 nitrogen and oxygen atoms in total. The third-order valence-corrected chi connectivity index (χ3v) is 4.36.